The summed E-state index contributed by atoms with van der Waals surface area (Å²) in [7, 11) is 2.02. The molecule has 1 atom stereocenters. The molecule has 1 aliphatic heterocycles. The summed E-state index contributed by atoms with van der Waals surface area (Å²) in [5.41, 5.74) is 1.01. The van der Waals surface area contributed by atoms with Crippen LogP contribution in [0.3, 0.4) is 0 Å². The van der Waals surface area contributed by atoms with Gasteiger partial charge in [-0.15, -0.1) is 0 Å². The molecule has 1 fully saturated rings. The van der Waals surface area contributed by atoms with Gasteiger partial charge < -0.3 is 9.84 Å². The highest BCUT2D eigenvalue weighted by Crippen LogP contribution is 2.21. The third-order valence-electron chi connectivity index (χ3n) is 3.70. The molecule has 0 spiro atoms. The van der Waals surface area contributed by atoms with Crippen molar-refractivity contribution >= 4 is 11.3 Å². The molecule has 3 heterocycles. The first kappa shape index (κ1) is 13.7. The lowest BCUT2D eigenvalue weighted by atomic mass is 9.98. The lowest BCUT2D eigenvalue weighted by Gasteiger charge is -2.31. The monoisotopic (exact) mass is 292 g/mol. The van der Waals surface area contributed by atoms with Crippen molar-refractivity contribution in [1.29, 1.82) is 0 Å². The van der Waals surface area contributed by atoms with Crippen LogP contribution in [0.1, 0.15) is 18.7 Å². The van der Waals surface area contributed by atoms with Gasteiger partial charge in [0.1, 0.15) is 0 Å². The van der Waals surface area contributed by atoms with Crippen molar-refractivity contribution in [3.63, 3.8) is 0 Å². The Labute approximate surface area is 123 Å². The topological polar surface area (TPSA) is 54.2 Å². The molecule has 0 aliphatic carbocycles. The Morgan fingerprint density at radius 3 is 3.30 bits per heavy atom. The standard InChI is InChI=1S/C14H20N4OS/c1-15-7-11-3-2-5-18(8-11)9-13-16-14(19-17-13)12-4-6-20-10-12/h4,6,10-11,15H,2-3,5,7-9H2,1H3. The number of nitrogens with zero attached hydrogens (tertiary/aromatic N) is 3. The fourth-order valence-electron chi connectivity index (χ4n) is 2.77. The average Bonchev–Trinajstić information content (AvgIpc) is 3.10. The summed E-state index contributed by atoms with van der Waals surface area (Å²) in [6.07, 6.45) is 2.56. The van der Waals surface area contributed by atoms with Gasteiger partial charge in [-0.3, -0.25) is 4.90 Å². The van der Waals surface area contributed by atoms with E-state index in [1.807, 2.05) is 23.9 Å². The van der Waals surface area contributed by atoms with Crippen molar-refractivity contribution in [1.82, 2.24) is 20.4 Å². The van der Waals surface area contributed by atoms with Gasteiger partial charge in [0.15, 0.2) is 5.82 Å². The van der Waals surface area contributed by atoms with E-state index in [-0.39, 0.29) is 0 Å². The second kappa shape index (κ2) is 6.47. The van der Waals surface area contributed by atoms with Gasteiger partial charge in [-0.1, -0.05) is 5.16 Å². The maximum Gasteiger partial charge on any atom is 0.258 e. The predicted octanol–water partition coefficient (Wildman–Crippen LogP) is 2.23. The Kier molecular flexibility index (Phi) is 4.44. The minimum Gasteiger partial charge on any atom is -0.334 e. The van der Waals surface area contributed by atoms with Crippen LogP contribution in [0, 0.1) is 5.92 Å². The highest BCUT2D eigenvalue weighted by atomic mass is 32.1. The molecule has 2 aromatic rings. The van der Waals surface area contributed by atoms with Crippen molar-refractivity contribution in [3.05, 3.63) is 22.7 Å². The van der Waals surface area contributed by atoms with E-state index in [1.165, 1.54) is 12.8 Å². The number of hydrogen-bond donors (Lipinski definition) is 1. The lowest BCUT2D eigenvalue weighted by molar-refractivity contribution is 0.162. The molecule has 6 heteroatoms. The Morgan fingerprint density at radius 1 is 1.55 bits per heavy atom. The van der Waals surface area contributed by atoms with Crippen LogP contribution in [-0.2, 0) is 6.54 Å². The maximum absolute atomic E-state index is 5.33. The highest BCUT2D eigenvalue weighted by molar-refractivity contribution is 7.08. The number of rotatable bonds is 5. The van der Waals surface area contributed by atoms with Gasteiger partial charge in [-0.25, -0.2) is 0 Å². The van der Waals surface area contributed by atoms with Crippen molar-refractivity contribution in [3.8, 4) is 11.5 Å². The molecule has 0 radical (unpaired) electrons. The molecule has 2 aromatic heterocycles. The second-order valence-corrected chi connectivity index (χ2v) is 6.11. The van der Waals surface area contributed by atoms with Crippen LogP contribution < -0.4 is 5.32 Å². The van der Waals surface area contributed by atoms with E-state index in [0.717, 1.165) is 43.5 Å². The van der Waals surface area contributed by atoms with Crippen LogP contribution in [0.15, 0.2) is 21.3 Å². The summed E-state index contributed by atoms with van der Waals surface area (Å²) in [4.78, 5) is 6.91. The van der Waals surface area contributed by atoms with Gasteiger partial charge in [-0.05, 0) is 50.3 Å². The molecule has 0 bridgehead atoms. The SMILES string of the molecule is CNCC1CCCN(Cc2noc(-c3ccsc3)n2)C1. The van der Waals surface area contributed by atoms with Crippen LogP contribution in [0.2, 0.25) is 0 Å². The summed E-state index contributed by atoms with van der Waals surface area (Å²) in [6.45, 7) is 4.11. The fraction of sp³-hybridized carbons (Fsp3) is 0.571. The Morgan fingerprint density at radius 2 is 2.50 bits per heavy atom. The predicted molar refractivity (Wildman–Crippen MR) is 79.5 cm³/mol. The third-order valence-corrected chi connectivity index (χ3v) is 4.38. The van der Waals surface area contributed by atoms with Crippen molar-refractivity contribution in [2.75, 3.05) is 26.7 Å². The first-order chi connectivity index (χ1) is 9.85. The molecule has 20 heavy (non-hydrogen) atoms. The van der Waals surface area contributed by atoms with E-state index in [4.69, 9.17) is 4.52 Å². The number of thiophene rings is 1. The number of nitrogens with one attached hydrogen (secondary N) is 1. The van der Waals surface area contributed by atoms with E-state index >= 15 is 0 Å². The Bertz CT molecular complexity index is 523. The van der Waals surface area contributed by atoms with E-state index < -0.39 is 0 Å². The molecular formula is C14H20N4OS. The van der Waals surface area contributed by atoms with E-state index in [0.29, 0.717) is 5.89 Å². The molecule has 1 saturated heterocycles. The molecule has 0 saturated carbocycles. The van der Waals surface area contributed by atoms with Gasteiger partial charge in [0, 0.05) is 11.9 Å². The largest absolute Gasteiger partial charge is 0.334 e. The molecule has 0 aromatic carbocycles. The molecule has 1 aliphatic rings. The van der Waals surface area contributed by atoms with Crippen LogP contribution in [0.4, 0.5) is 0 Å². The summed E-state index contributed by atoms with van der Waals surface area (Å²) < 4.78 is 5.33. The average molecular weight is 292 g/mol. The van der Waals surface area contributed by atoms with Crippen molar-refractivity contribution < 1.29 is 4.52 Å². The molecule has 1 N–H and O–H groups in total. The van der Waals surface area contributed by atoms with Crippen molar-refractivity contribution in [2.45, 2.75) is 19.4 Å². The van der Waals surface area contributed by atoms with Crippen LogP contribution in [0.5, 0.6) is 0 Å². The lowest BCUT2D eigenvalue weighted by Crippen LogP contribution is -2.38. The zero-order valence-electron chi connectivity index (χ0n) is 11.7. The quantitative estimate of drug-likeness (QED) is 0.916. The van der Waals surface area contributed by atoms with Crippen LogP contribution >= 0.6 is 11.3 Å². The van der Waals surface area contributed by atoms with E-state index in [1.54, 1.807) is 11.3 Å². The van der Waals surface area contributed by atoms with E-state index in [9.17, 15) is 0 Å². The summed E-state index contributed by atoms with van der Waals surface area (Å²) in [5.74, 6) is 2.15. The number of piperidine rings is 1. The normalized spacial score (nSPS) is 20.4. The molecular weight excluding hydrogens is 272 g/mol. The number of hydrogen-bond acceptors (Lipinski definition) is 6. The zero-order chi connectivity index (χ0) is 13.8. The number of likely N-dealkylation sites (tertiary alicyclic amines) is 1. The minimum atomic E-state index is 0.630. The fourth-order valence-corrected chi connectivity index (χ4v) is 3.40. The summed E-state index contributed by atoms with van der Waals surface area (Å²) in [6, 6.07) is 2.01. The van der Waals surface area contributed by atoms with Gasteiger partial charge in [0.05, 0.1) is 12.1 Å². The molecule has 108 valence electrons. The Balaban J connectivity index is 1.60. The number of aromatic nitrogens is 2. The third kappa shape index (κ3) is 3.26. The van der Waals surface area contributed by atoms with Gasteiger partial charge >= 0.3 is 0 Å². The van der Waals surface area contributed by atoms with E-state index in [2.05, 4.69) is 20.4 Å². The Hall–Kier alpha value is -1.24. The molecule has 1 unspecified atom stereocenters. The first-order valence-corrected chi connectivity index (χ1v) is 8.01. The van der Waals surface area contributed by atoms with Gasteiger partial charge in [0.2, 0.25) is 0 Å². The molecule has 0 amide bonds. The van der Waals surface area contributed by atoms with Crippen LogP contribution in [0.25, 0.3) is 11.5 Å². The van der Waals surface area contributed by atoms with Gasteiger partial charge in [-0.2, -0.15) is 16.3 Å². The summed E-state index contributed by atoms with van der Waals surface area (Å²) in [5, 5.41) is 11.4. The highest BCUT2D eigenvalue weighted by Gasteiger charge is 2.21. The first-order valence-electron chi connectivity index (χ1n) is 7.07. The maximum atomic E-state index is 5.33. The summed E-state index contributed by atoms with van der Waals surface area (Å²) >= 11 is 1.64. The molecule has 3 rings (SSSR count). The van der Waals surface area contributed by atoms with Crippen LogP contribution in [-0.4, -0.2) is 41.7 Å². The minimum absolute atomic E-state index is 0.630. The smallest absolute Gasteiger partial charge is 0.258 e. The van der Waals surface area contributed by atoms with Crippen molar-refractivity contribution in [2.24, 2.45) is 5.92 Å². The van der Waals surface area contributed by atoms with Gasteiger partial charge in [0.25, 0.3) is 5.89 Å². The zero-order valence-corrected chi connectivity index (χ0v) is 12.5. The second-order valence-electron chi connectivity index (χ2n) is 5.33. The molecule has 5 nitrogen and oxygen atoms in total.